The fourth-order valence-electron chi connectivity index (χ4n) is 0.923. The zero-order valence-corrected chi connectivity index (χ0v) is 4.94. The van der Waals surface area contributed by atoms with Gasteiger partial charge < -0.3 is 0 Å². The largest absolute Gasteiger partial charge is 0.291 e. The molecule has 0 saturated heterocycles. The number of hydrogen-bond donors (Lipinski definition) is 0. The number of hydrogen-bond acceptors (Lipinski definition) is 1. The minimum Gasteiger partial charge on any atom is -0.291 e. The lowest BCUT2D eigenvalue weighted by Gasteiger charge is -1.88. The zero-order valence-electron chi connectivity index (χ0n) is 4.94. The van der Waals surface area contributed by atoms with Crippen LogP contribution >= 0.6 is 0 Å². The lowest BCUT2D eigenvalue weighted by Crippen LogP contribution is -1.86. The van der Waals surface area contributed by atoms with Gasteiger partial charge in [0.25, 0.3) is 0 Å². The average molecular weight is 97.2 g/mol. The molecule has 0 aliphatic carbocycles. The van der Waals surface area contributed by atoms with Crippen molar-refractivity contribution in [1.29, 1.82) is 0 Å². The Labute approximate surface area is 44.5 Å². The molecule has 0 aromatic heterocycles. The molecule has 1 atom stereocenters. The fraction of sp³-hybridized carbons (Fsp3) is 0.833. The van der Waals surface area contributed by atoms with E-state index in [2.05, 4.69) is 18.8 Å². The molecule has 1 heteroatoms. The highest BCUT2D eigenvalue weighted by Gasteiger charge is 2.07. The molecule has 0 bridgehead atoms. The summed E-state index contributed by atoms with van der Waals surface area (Å²) < 4.78 is 0. The van der Waals surface area contributed by atoms with E-state index in [-0.39, 0.29) is 0 Å². The number of aliphatic imine (C=N–C) groups is 1. The Bertz CT molecular complexity index is 94.4. The minimum absolute atomic E-state index is 0.611. The van der Waals surface area contributed by atoms with Crippen molar-refractivity contribution in [3.05, 3.63) is 0 Å². The van der Waals surface area contributed by atoms with Gasteiger partial charge in [-0.2, -0.15) is 0 Å². The first-order valence-electron chi connectivity index (χ1n) is 2.82. The van der Waals surface area contributed by atoms with E-state index >= 15 is 0 Å². The minimum atomic E-state index is 0.611. The summed E-state index contributed by atoms with van der Waals surface area (Å²) in [5.41, 5.74) is 1.33. The third-order valence-corrected chi connectivity index (χ3v) is 1.36. The molecule has 0 radical (unpaired) electrons. The van der Waals surface area contributed by atoms with Crippen LogP contribution in [0.1, 0.15) is 26.7 Å². The first kappa shape index (κ1) is 4.82. The first-order chi connectivity index (χ1) is 3.29. The topological polar surface area (TPSA) is 12.4 Å². The van der Waals surface area contributed by atoms with Crippen LogP contribution in [0.25, 0.3) is 0 Å². The van der Waals surface area contributed by atoms with Crippen molar-refractivity contribution < 1.29 is 0 Å². The number of rotatable bonds is 0. The van der Waals surface area contributed by atoms with Crippen molar-refractivity contribution in [2.75, 3.05) is 0 Å². The van der Waals surface area contributed by atoms with Gasteiger partial charge in [0.1, 0.15) is 0 Å². The molecule has 1 aliphatic rings. The summed E-state index contributed by atoms with van der Waals surface area (Å²) >= 11 is 0. The molecule has 0 aromatic carbocycles. The molecule has 0 fully saturated rings. The molecule has 1 nitrogen and oxygen atoms in total. The smallest absolute Gasteiger partial charge is 0.0474 e. The second-order valence-electron chi connectivity index (χ2n) is 2.25. The van der Waals surface area contributed by atoms with E-state index in [0.717, 1.165) is 0 Å². The van der Waals surface area contributed by atoms with Gasteiger partial charge in [0.15, 0.2) is 0 Å². The van der Waals surface area contributed by atoms with Crippen molar-refractivity contribution in [2.45, 2.75) is 32.7 Å². The van der Waals surface area contributed by atoms with Crippen LogP contribution in [0.3, 0.4) is 0 Å². The molecule has 0 spiro atoms. The summed E-state index contributed by atoms with van der Waals surface area (Å²) in [5.74, 6) is 0. The molecule has 1 aliphatic heterocycles. The highest BCUT2D eigenvalue weighted by molar-refractivity contribution is 5.83. The summed E-state index contributed by atoms with van der Waals surface area (Å²) in [6.07, 6.45) is 2.49. The molecule has 0 saturated carbocycles. The monoisotopic (exact) mass is 97.1 g/mol. The van der Waals surface area contributed by atoms with Crippen molar-refractivity contribution in [3.63, 3.8) is 0 Å². The lowest BCUT2D eigenvalue weighted by atomic mass is 10.2. The maximum atomic E-state index is 4.31. The third-order valence-electron chi connectivity index (χ3n) is 1.36. The van der Waals surface area contributed by atoms with Crippen LogP contribution in [-0.2, 0) is 0 Å². The van der Waals surface area contributed by atoms with E-state index in [9.17, 15) is 0 Å². The molecule has 0 aromatic rings. The Balaban J connectivity index is 2.50. The Kier molecular flexibility index (Phi) is 1.13. The predicted octanol–water partition coefficient (Wildman–Crippen LogP) is 1.63. The number of nitrogens with zero attached hydrogens (tertiary/aromatic N) is 1. The first-order valence-corrected chi connectivity index (χ1v) is 2.82. The molecule has 0 amide bonds. The van der Waals surface area contributed by atoms with Gasteiger partial charge in [-0.1, -0.05) is 0 Å². The second kappa shape index (κ2) is 1.65. The second-order valence-corrected chi connectivity index (χ2v) is 2.25. The SMILES string of the molecule is CC1=N[C@H](C)CC1. The lowest BCUT2D eigenvalue weighted by molar-refractivity contribution is 0.739. The van der Waals surface area contributed by atoms with Crippen molar-refractivity contribution >= 4 is 5.71 Å². The van der Waals surface area contributed by atoms with Crippen molar-refractivity contribution in [3.8, 4) is 0 Å². The summed E-state index contributed by atoms with van der Waals surface area (Å²) in [6.45, 7) is 4.26. The highest BCUT2D eigenvalue weighted by Crippen LogP contribution is 2.10. The van der Waals surface area contributed by atoms with Crippen molar-refractivity contribution in [1.82, 2.24) is 0 Å². The van der Waals surface area contributed by atoms with Crippen LogP contribution in [0.4, 0.5) is 0 Å². The van der Waals surface area contributed by atoms with Crippen LogP contribution in [0.2, 0.25) is 0 Å². The molecular formula is C6H11N. The molecule has 7 heavy (non-hydrogen) atoms. The van der Waals surface area contributed by atoms with Crippen LogP contribution in [0.5, 0.6) is 0 Å². The van der Waals surface area contributed by atoms with E-state index < -0.39 is 0 Å². The molecular weight excluding hydrogens is 86.1 g/mol. The summed E-state index contributed by atoms with van der Waals surface area (Å²) in [6, 6.07) is 0.611. The maximum absolute atomic E-state index is 4.31. The molecule has 40 valence electrons. The van der Waals surface area contributed by atoms with E-state index in [1.165, 1.54) is 18.6 Å². The van der Waals surface area contributed by atoms with Gasteiger partial charge in [0.2, 0.25) is 0 Å². The normalized spacial score (nSPS) is 30.6. The van der Waals surface area contributed by atoms with Crippen molar-refractivity contribution in [2.24, 2.45) is 4.99 Å². The van der Waals surface area contributed by atoms with Gasteiger partial charge in [-0.15, -0.1) is 0 Å². The van der Waals surface area contributed by atoms with E-state index in [4.69, 9.17) is 0 Å². The van der Waals surface area contributed by atoms with Gasteiger partial charge >= 0.3 is 0 Å². The zero-order chi connectivity index (χ0) is 5.28. The Morgan fingerprint density at radius 1 is 1.71 bits per heavy atom. The Morgan fingerprint density at radius 3 is 2.57 bits per heavy atom. The van der Waals surface area contributed by atoms with Crippen LogP contribution in [0.15, 0.2) is 4.99 Å². The van der Waals surface area contributed by atoms with Gasteiger partial charge in [-0.25, -0.2) is 0 Å². The molecule has 1 rings (SSSR count). The van der Waals surface area contributed by atoms with Crippen LogP contribution in [-0.4, -0.2) is 11.8 Å². The molecule has 1 heterocycles. The van der Waals surface area contributed by atoms with Crippen LogP contribution < -0.4 is 0 Å². The Hall–Kier alpha value is -0.330. The van der Waals surface area contributed by atoms with Gasteiger partial charge in [0, 0.05) is 11.8 Å². The van der Waals surface area contributed by atoms with Gasteiger partial charge in [0.05, 0.1) is 0 Å². The fourth-order valence-corrected chi connectivity index (χ4v) is 0.923. The van der Waals surface area contributed by atoms with E-state index in [0.29, 0.717) is 6.04 Å². The van der Waals surface area contributed by atoms with Gasteiger partial charge in [-0.05, 0) is 26.7 Å². The van der Waals surface area contributed by atoms with E-state index in [1.54, 1.807) is 0 Å². The maximum Gasteiger partial charge on any atom is 0.0474 e. The molecule has 0 unspecified atom stereocenters. The predicted molar refractivity (Wildman–Crippen MR) is 31.8 cm³/mol. The third kappa shape index (κ3) is 1.02. The average Bonchev–Trinajstić information content (AvgIpc) is 1.87. The standard InChI is InChI=1S/C6H11N/c1-5-3-4-6(2)7-5/h5H,3-4H2,1-2H3/t5-/m1/s1. The summed E-state index contributed by atoms with van der Waals surface area (Å²) in [7, 11) is 0. The highest BCUT2D eigenvalue weighted by atomic mass is 14.8. The van der Waals surface area contributed by atoms with E-state index in [1.807, 2.05) is 0 Å². The molecule has 0 N–H and O–H groups in total. The van der Waals surface area contributed by atoms with Crippen LogP contribution in [0, 0.1) is 0 Å². The quantitative estimate of drug-likeness (QED) is 0.435. The Morgan fingerprint density at radius 2 is 2.43 bits per heavy atom. The summed E-state index contributed by atoms with van der Waals surface area (Å²) in [5, 5.41) is 0. The summed E-state index contributed by atoms with van der Waals surface area (Å²) in [4.78, 5) is 4.31. The van der Waals surface area contributed by atoms with Gasteiger partial charge in [-0.3, -0.25) is 4.99 Å².